The van der Waals surface area contributed by atoms with Gasteiger partial charge in [-0.15, -0.1) is 0 Å². The van der Waals surface area contributed by atoms with Gasteiger partial charge >= 0.3 is 0 Å². The van der Waals surface area contributed by atoms with Gasteiger partial charge in [-0.2, -0.15) is 0 Å². The molecule has 2 aromatic rings. The minimum Gasteiger partial charge on any atom is -0.457 e. The topological polar surface area (TPSA) is 15.7 Å². The Morgan fingerprint density at radius 3 is 2.67 bits per heavy atom. The van der Waals surface area contributed by atoms with Crippen LogP contribution in [0.15, 0.2) is 54.6 Å². The Morgan fingerprint density at radius 1 is 0.958 bits per heavy atom. The molecule has 0 spiro atoms. The van der Waals surface area contributed by atoms with Crippen LogP contribution in [-0.2, 0) is 6.54 Å². The molecule has 0 bridgehead atoms. The molecule has 2 unspecified atom stereocenters. The molecule has 3 heteroatoms. The summed E-state index contributed by atoms with van der Waals surface area (Å²) in [5.74, 6) is 1.81. The maximum absolute atomic E-state index is 5.98. The number of fused-ring (bicyclic) bond motifs is 1. The van der Waals surface area contributed by atoms with E-state index in [-0.39, 0.29) is 0 Å². The summed E-state index contributed by atoms with van der Waals surface area (Å²) in [5, 5.41) is 0. The van der Waals surface area contributed by atoms with Crippen LogP contribution >= 0.6 is 0 Å². The molecular formula is C21H26N2O. The summed E-state index contributed by atoms with van der Waals surface area (Å²) in [6.45, 7) is 7.09. The fourth-order valence-corrected chi connectivity index (χ4v) is 4.17. The van der Waals surface area contributed by atoms with Gasteiger partial charge < -0.3 is 4.74 Å². The predicted octanol–water partition coefficient (Wildman–Crippen LogP) is 4.15. The van der Waals surface area contributed by atoms with Gasteiger partial charge in [0.1, 0.15) is 11.5 Å². The Labute approximate surface area is 144 Å². The van der Waals surface area contributed by atoms with Crippen LogP contribution in [0.2, 0.25) is 0 Å². The van der Waals surface area contributed by atoms with E-state index >= 15 is 0 Å². The predicted molar refractivity (Wildman–Crippen MR) is 97.4 cm³/mol. The highest BCUT2D eigenvalue weighted by Crippen LogP contribution is 2.28. The van der Waals surface area contributed by atoms with Gasteiger partial charge in [-0.3, -0.25) is 9.80 Å². The zero-order valence-electron chi connectivity index (χ0n) is 14.4. The molecule has 2 aliphatic heterocycles. The lowest BCUT2D eigenvalue weighted by molar-refractivity contribution is 0.0470. The van der Waals surface area contributed by atoms with Crippen molar-refractivity contribution in [2.75, 3.05) is 19.6 Å². The van der Waals surface area contributed by atoms with E-state index < -0.39 is 0 Å². The second-order valence-corrected chi connectivity index (χ2v) is 7.02. The lowest BCUT2D eigenvalue weighted by Crippen LogP contribution is -2.55. The van der Waals surface area contributed by atoms with Crippen LogP contribution in [0.5, 0.6) is 11.5 Å². The lowest BCUT2D eigenvalue weighted by atomic mass is 10.0. The summed E-state index contributed by atoms with van der Waals surface area (Å²) in [6, 6.07) is 19.9. The van der Waals surface area contributed by atoms with Gasteiger partial charge in [-0.25, -0.2) is 0 Å². The molecule has 0 N–H and O–H groups in total. The second kappa shape index (κ2) is 6.96. The molecule has 2 fully saturated rings. The van der Waals surface area contributed by atoms with E-state index in [9.17, 15) is 0 Å². The van der Waals surface area contributed by atoms with Gasteiger partial charge in [-0.05, 0) is 56.1 Å². The Bertz CT molecular complexity index is 673. The Morgan fingerprint density at radius 2 is 1.79 bits per heavy atom. The average molecular weight is 322 g/mol. The average Bonchev–Trinajstić information content (AvgIpc) is 3.08. The summed E-state index contributed by atoms with van der Waals surface area (Å²) in [4.78, 5) is 5.31. The number of para-hydroxylation sites is 1. The van der Waals surface area contributed by atoms with Crippen molar-refractivity contribution in [2.24, 2.45) is 0 Å². The molecule has 0 radical (unpaired) electrons. The lowest BCUT2D eigenvalue weighted by Gasteiger charge is -2.43. The van der Waals surface area contributed by atoms with Crippen molar-refractivity contribution in [1.82, 2.24) is 9.80 Å². The van der Waals surface area contributed by atoms with Gasteiger partial charge in [0.25, 0.3) is 0 Å². The van der Waals surface area contributed by atoms with Crippen molar-refractivity contribution in [3.05, 3.63) is 60.2 Å². The molecule has 3 nitrogen and oxygen atoms in total. The highest BCUT2D eigenvalue weighted by Gasteiger charge is 2.36. The van der Waals surface area contributed by atoms with E-state index in [1.165, 1.54) is 38.0 Å². The van der Waals surface area contributed by atoms with Crippen molar-refractivity contribution in [3.8, 4) is 11.5 Å². The maximum atomic E-state index is 5.98. The standard InChI is InChI=1S/C21H26N2O/c1-17-21-11-6-12-22(21)13-14-23(17)16-18-7-5-10-20(15-18)24-19-8-3-2-4-9-19/h2-5,7-10,15,17,21H,6,11-14,16H2,1H3. The molecule has 2 heterocycles. The second-order valence-electron chi connectivity index (χ2n) is 7.02. The Balaban J connectivity index is 1.44. The minimum absolute atomic E-state index is 0.639. The summed E-state index contributed by atoms with van der Waals surface area (Å²) in [7, 11) is 0. The van der Waals surface area contributed by atoms with Crippen LogP contribution in [0.4, 0.5) is 0 Å². The van der Waals surface area contributed by atoms with E-state index in [2.05, 4.69) is 34.9 Å². The normalized spacial score (nSPS) is 24.7. The number of ether oxygens (including phenoxy) is 1. The quantitative estimate of drug-likeness (QED) is 0.841. The van der Waals surface area contributed by atoms with Crippen molar-refractivity contribution in [3.63, 3.8) is 0 Å². The van der Waals surface area contributed by atoms with Gasteiger partial charge in [0.2, 0.25) is 0 Å². The first-order valence-electron chi connectivity index (χ1n) is 9.09. The molecule has 0 aliphatic carbocycles. The van der Waals surface area contributed by atoms with E-state index in [1.807, 2.05) is 36.4 Å². The van der Waals surface area contributed by atoms with E-state index in [0.717, 1.165) is 24.1 Å². The number of rotatable bonds is 4. The molecule has 126 valence electrons. The van der Waals surface area contributed by atoms with E-state index in [0.29, 0.717) is 6.04 Å². The van der Waals surface area contributed by atoms with Crippen molar-refractivity contribution < 1.29 is 4.74 Å². The molecule has 0 aromatic heterocycles. The van der Waals surface area contributed by atoms with Crippen LogP contribution in [0.25, 0.3) is 0 Å². The van der Waals surface area contributed by atoms with Gasteiger partial charge in [0, 0.05) is 31.7 Å². The van der Waals surface area contributed by atoms with Gasteiger partial charge in [0.05, 0.1) is 0 Å². The smallest absolute Gasteiger partial charge is 0.127 e. The minimum atomic E-state index is 0.639. The van der Waals surface area contributed by atoms with Gasteiger partial charge in [0.15, 0.2) is 0 Å². The first-order valence-corrected chi connectivity index (χ1v) is 9.09. The first-order chi connectivity index (χ1) is 11.8. The summed E-state index contributed by atoms with van der Waals surface area (Å²) in [5.41, 5.74) is 1.33. The number of hydrogen-bond acceptors (Lipinski definition) is 3. The molecule has 0 amide bonds. The number of piperazine rings is 1. The van der Waals surface area contributed by atoms with E-state index in [1.54, 1.807) is 0 Å². The molecule has 4 rings (SSSR count). The third-order valence-electron chi connectivity index (χ3n) is 5.48. The zero-order valence-corrected chi connectivity index (χ0v) is 14.4. The molecular weight excluding hydrogens is 296 g/mol. The monoisotopic (exact) mass is 322 g/mol. The number of hydrogen-bond donors (Lipinski definition) is 0. The molecule has 0 saturated carbocycles. The number of nitrogens with zero attached hydrogens (tertiary/aromatic N) is 2. The molecule has 2 aromatic carbocycles. The number of benzene rings is 2. The zero-order chi connectivity index (χ0) is 16.4. The van der Waals surface area contributed by atoms with Crippen molar-refractivity contribution in [1.29, 1.82) is 0 Å². The highest BCUT2D eigenvalue weighted by atomic mass is 16.5. The van der Waals surface area contributed by atoms with Crippen LogP contribution in [0, 0.1) is 0 Å². The largest absolute Gasteiger partial charge is 0.457 e. The van der Waals surface area contributed by atoms with Crippen LogP contribution in [-0.4, -0.2) is 41.5 Å². The summed E-state index contributed by atoms with van der Waals surface area (Å²) in [6.07, 6.45) is 2.72. The summed E-state index contributed by atoms with van der Waals surface area (Å²) < 4.78 is 5.98. The van der Waals surface area contributed by atoms with Crippen molar-refractivity contribution in [2.45, 2.75) is 38.4 Å². The SMILES string of the molecule is CC1C2CCCN2CCN1Cc1cccc(Oc2ccccc2)c1. The van der Waals surface area contributed by atoms with Gasteiger partial charge in [-0.1, -0.05) is 30.3 Å². The fourth-order valence-electron chi connectivity index (χ4n) is 4.17. The van der Waals surface area contributed by atoms with Crippen LogP contribution < -0.4 is 4.74 Å². The van der Waals surface area contributed by atoms with Crippen molar-refractivity contribution >= 4 is 0 Å². The fraction of sp³-hybridized carbons (Fsp3) is 0.429. The van der Waals surface area contributed by atoms with Crippen LogP contribution in [0.1, 0.15) is 25.3 Å². The van der Waals surface area contributed by atoms with Crippen LogP contribution in [0.3, 0.4) is 0 Å². The Kier molecular flexibility index (Phi) is 4.54. The first kappa shape index (κ1) is 15.7. The third kappa shape index (κ3) is 3.33. The Hall–Kier alpha value is -1.84. The molecule has 2 aliphatic rings. The molecule has 2 saturated heterocycles. The molecule has 24 heavy (non-hydrogen) atoms. The third-order valence-corrected chi connectivity index (χ3v) is 5.48. The summed E-state index contributed by atoms with van der Waals surface area (Å²) >= 11 is 0. The highest BCUT2D eigenvalue weighted by molar-refractivity contribution is 5.33. The maximum Gasteiger partial charge on any atom is 0.127 e. The van der Waals surface area contributed by atoms with E-state index in [4.69, 9.17) is 4.74 Å². The molecule has 2 atom stereocenters.